The van der Waals surface area contributed by atoms with Crippen molar-refractivity contribution in [2.75, 3.05) is 40.9 Å². The van der Waals surface area contributed by atoms with E-state index in [0.29, 0.717) is 23.9 Å². The van der Waals surface area contributed by atoms with E-state index < -0.39 is 20.0 Å². The summed E-state index contributed by atoms with van der Waals surface area (Å²) in [6.07, 6.45) is 79.8. The molecule has 0 radical (unpaired) electrons. The molecule has 0 aromatic heterocycles. The number of phosphoric ester groups is 1. The molecule has 0 saturated carbocycles. The molecule has 0 heterocycles. The number of quaternary nitrogens is 1. The molecule has 0 rings (SSSR count). The summed E-state index contributed by atoms with van der Waals surface area (Å²) in [7, 11) is 1.50. The average Bonchev–Trinajstić information content (AvgIpc) is 3.47. The Labute approximate surface area is 516 Å². The van der Waals surface area contributed by atoms with Crippen LogP contribution in [0, 0.1) is 0 Å². The summed E-state index contributed by atoms with van der Waals surface area (Å²) in [6.45, 7) is 7.03. The van der Waals surface area contributed by atoms with Gasteiger partial charge in [-0.2, -0.15) is 0 Å². The highest BCUT2D eigenvalue weighted by Crippen LogP contribution is 2.43. The largest absolute Gasteiger partial charge is 0.472 e. The summed E-state index contributed by atoms with van der Waals surface area (Å²) in [5.74, 6) is -0.502. The van der Waals surface area contributed by atoms with E-state index in [1.54, 1.807) is 0 Å². The van der Waals surface area contributed by atoms with Crippen molar-refractivity contribution >= 4 is 19.7 Å². The third-order valence-corrected chi connectivity index (χ3v) is 17.3. The normalized spacial score (nSPS) is 13.8. The van der Waals surface area contributed by atoms with Crippen LogP contribution in [0.5, 0.6) is 0 Å². The van der Waals surface area contributed by atoms with Gasteiger partial charge in [0.25, 0.3) is 0 Å². The molecule has 0 aliphatic rings. The molecule has 9 nitrogen and oxygen atoms in total. The lowest BCUT2D eigenvalue weighted by atomic mass is 10.0. The predicted octanol–water partition coefficient (Wildman–Crippen LogP) is 22.8. The third kappa shape index (κ3) is 64.3. The summed E-state index contributed by atoms with van der Waals surface area (Å²) in [5, 5.41) is 3.07. The summed E-state index contributed by atoms with van der Waals surface area (Å²) >= 11 is 0. The van der Waals surface area contributed by atoms with Crippen LogP contribution >= 0.6 is 7.82 Å². The Hall–Kier alpha value is -2.03. The van der Waals surface area contributed by atoms with Crippen LogP contribution in [0.3, 0.4) is 0 Å². The van der Waals surface area contributed by atoms with E-state index in [2.05, 4.69) is 62.5 Å². The van der Waals surface area contributed by atoms with E-state index in [0.717, 1.165) is 83.5 Å². The van der Waals surface area contributed by atoms with Crippen LogP contribution in [0.25, 0.3) is 0 Å². The Morgan fingerprint density at radius 2 is 0.735 bits per heavy atom. The van der Waals surface area contributed by atoms with Gasteiger partial charge in [0.05, 0.1) is 33.8 Å². The number of phosphoric acid groups is 1. The lowest BCUT2D eigenvalue weighted by molar-refractivity contribution is -0.870. The zero-order valence-electron chi connectivity index (χ0n) is 56.0. The van der Waals surface area contributed by atoms with Crippen molar-refractivity contribution in [2.24, 2.45) is 0 Å². The molecular weight excluding hydrogens is 1050 g/mol. The molecule has 10 heteroatoms. The molecule has 0 saturated heterocycles. The molecule has 1 amide bonds. The fourth-order valence-electron chi connectivity index (χ4n) is 10.7. The van der Waals surface area contributed by atoms with Crippen molar-refractivity contribution < 1.29 is 37.3 Å². The summed E-state index contributed by atoms with van der Waals surface area (Å²) in [6, 6.07) is -0.854. The van der Waals surface area contributed by atoms with Crippen LogP contribution in [0.1, 0.15) is 355 Å². The molecule has 0 aromatic carbocycles. The standard InChI is InChI=1S/C73H139N2O7P/c1-7-10-13-16-19-22-25-28-30-32-34-35-36-37-38-39-41-43-45-48-51-54-57-60-63-66-73(77)82-71(64-61-58-55-52-49-46-27-24-21-18-15-12-9-3)70(69-81-83(78,79)80-68-67-75(4,5)6)74-72(76)65-62-59-56-53-50-47-44-42-40-33-31-29-26-23-20-17-14-11-8-2/h20,23,29,31,40,42,61,64,70-71H,7-19,21-22,24-28,30,32-39,41,43-60,62-63,65-69H2,1-6H3,(H-,74,76,78,79)/p+1/b23-20-,31-29-,42-40-,64-61-. The fourth-order valence-corrected chi connectivity index (χ4v) is 11.5. The van der Waals surface area contributed by atoms with Crippen molar-refractivity contribution in [2.45, 2.75) is 367 Å². The highest BCUT2D eigenvalue weighted by atomic mass is 31.2. The lowest BCUT2D eigenvalue weighted by Gasteiger charge is -2.27. The number of rotatable bonds is 66. The molecule has 0 aromatic rings. The first-order chi connectivity index (χ1) is 40.4. The monoisotopic (exact) mass is 1190 g/mol. The first kappa shape index (κ1) is 81.0. The number of allylic oxidation sites excluding steroid dienone is 7. The van der Waals surface area contributed by atoms with E-state index in [4.69, 9.17) is 13.8 Å². The predicted molar refractivity (Wildman–Crippen MR) is 360 cm³/mol. The van der Waals surface area contributed by atoms with Crippen LogP contribution in [0.2, 0.25) is 0 Å². The number of ether oxygens (including phenoxy) is 1. The number of likely N-dealkylation sites (N-methyl/N-ethyl adjacent to an activating group) is 1. The second-order valence-corrected chi connectivity index (χ2v) is 27.2. The number of hydrogen-bond donors (Lipinski definition) is 2. The fraction of sp³-hybridized carbons (Fsp3) is 0.863. The number of unbranched alkanes of at least 4 members (excludes halogenated alkanes) is 44. The lowest BCUT2D eigenvalue weighted by Crippen LogP contribution is -2.47. The Morgan fingerprint density at radius 1 is 0.422 bits per heavy atom. The number of carbonyl (C=O) groups is 2. The number of esters is 1. The van der Waals surface area contributed by atoms with Gasteiger partial charge in [-0.3, -0.25) is 18.6 Å². The SMILES string of the molecule is CCCCC/C=C\C/C=C\C/C=C\CCCCCCCCC(=O)NC(COP(=O)(O)OCC[N+](C)(C)C)C(/C=C\CCCCCCCCCCCCC)OC(=O)CCCCCCCCCCCCCCCCCCCCCCCCCCC. The summed E-state index contributed by atoms with van der Waals surface area (Å²) in [4.78, 5) is 37.9. The van der Waals surface area contributed by atoms with Crippen molar-refractivity contribution in [3.8, 4) is 0 Å². The van der Waals surface area contributed by atoms with Gasteiger partial charge >= 0.3 is 13.8 Å². The molecule has 0 aliphatic heterocycles. The minimum absolute atomic E-state index is 0.0388. The quantitative estimate of drug-likeness (QED) is 0.0205. The average molecular weight is 1190 g/mol. The third-order valence-electron chi connectivity index (χ3n) is 16.3. The van der Waals surface area contributed by atoms with E-state index in [1.807, 2.05) is 33.3 Å². The van der Waals surface area contributed by atoms with Gasteiger partial charge in [-0.05, 0) is 70.3 Å². The van der Waals surface area contributed by atoms with Crippen LogP contribution < -0.4 is 5.32 Å². The molecular formula is C73H140N2O7P+. The Morgan fingerprint density at radius 3 is 1.12 bits per heavy atom. The molecule has 0 aliphatic carbocycles. The van der Waals surface area contributed by atoms with Crippen LogP contribution in [-0.4, -0.2) is 74.3 Å². The van der Waals surface area contributed by atoms with Gasteiger partial charge in [0, 0.05) is 12.8 Å². The molecule has 3 unspecified atom stereocenters. The Kier molecular flexibility index (Phi) is 61.5. The van der Waals surface area contributed by atoms with E-state index in [1.165, 1.54) is 238 Å². The number of carbonyl (C=O) groups excluding carboxylic acids is 2. The smallest absolute Gasteiger partial charge is 0.456 e. The number of nitrogens with zero attached hydrogens (tertiary/aromatic N) is 1. The second kappa shape index (κ2) is 63.0. The van der Waals surface area contributed by atoms with E-state index in [-0.39, 0.29) is 25.1 Å². The van der Waals surface area contributed by atoms with E-state index >= 15 is 0 Å². The topological polar surface area (TPSA) is 111 Å². The number of hydrogen-bond acceptors (Lipinski definition) is 6. The van der Waals surface area contributed by atoms with Gasteiger partial charge in [-0.15, -0.1) is 0 Å². The van der Waals surface area contributed by atoms with E-state index in [9.17, 15) is 19.0 Å². The highest BCUT2D eigenvalue weighted by molar-refractivity contribution is 7.47. The highest BCUT2D eigenvalue weighted by Gasteiger charge is 2.30. The Bertz CT molecular complexity index is 1560. The maximum Gasteiger partial charge on any atom is 0.472 e. The van der Waals surface area contributed by atoms with Gasteiger partial charge in [0.1, 0.15) is 19.3 Å². The van der Waals surface area contributed by atoms with Gasteiger partial charge in [-0.25, -0.2) is 4.57 Å². The number of nitrogens with one attached hydrogen (secondary N) is 1. The maximum absolute atomic E-state index is 13.6. The zero-order chi connectivity index (χ0) is 60.7. The van der Waals surface area contributed by atoms with Crippen molar-refractivity contribution in [1.82, 2.24) is 5.32 Å². The molecule has 0 fully saturated rings. The molecule has 2 N–H and O–H groups in total. The number of amides is 1. The van der Waals surface area contributed by atoms with Crippen molar-refractivity contribution in [1.29, 1.82) is 0 Å². The van der Waals surface area contributed by atoms with Crippen LogP contribution in [-0.2, 0) is 27.9 Å². The molecule has 488 valence electrons. The maximum atomic E-state index is 13.6. The molecule has 83 heavy (non-hydrogen) atoms. The minimum atomic E-state index is -4.46. The van der Waals surface area contributed by atoms with Crippen molar-refractivity contribution in [3.05, 3.63) is 48.6 Å². The van der Waals surface area contributed by atoms with Gasteiger partial charge < -0.3 is 19.4 Å². The molecule has 3 atom stereocenters. The second-order valence-electron chi connectivity index (χ2n) is 25.8. The molecule has 0 spiro atoms. The first-order valence-corrected chi connectivity index (χ1v) is 37.5. The molecule has 0 bridgehead atoms. The Balaban J connectivity index is 5.08. The summed E-state index contributed by atoms with van der Waals surface area (Å²) < 4.78 is 30.8. The van der Waals surface area contributed by atoms with Crippen LogP contribution in [0.15, 0.2) is 48.6 Å². The van der Waals surface area contributed by atoms with Crippen LogP contribution in [0.4, 0.5) is 0 Å². The van der Waals surface area contributed by atoms with Crippen molar-refractivity contribution in [3.63, 3.8) is 0 Å². The summed E-state index contributed by atoms with van der Waals surface area (Å²) in [5.41, 5.74) is 0. The van der Waals surface area contributed by atoms with Gasteiger partial charge in [0.2, 0.25) is 5.91 Å². The first-order valence-electron chi connectivity index (χ1n) is 36.0. The minimum Gasteiger partial charge on any atom is -0.456 e. The van der Waals surface area contributed by atoms with Gasteiger partial charge in [-0.1, -0.05) is 320 Å². The van der Waals surface area contributed by atoms with Gasteiger partial charge in [0.15, 0.2) is 0 Å². The zero-order valence-corrected chi connectivity index (χ0v) is 56.8.